The number of likely N-dealkylation sites (N-methyl/N-ethyl adjacent to an activating group) is 1. The first-order valence-electron chi connectivity index (χ1n) is 5.43. The molecule has 0 spiro atoms. The quantitative estimate of drug-likeness (QED) is 0.662. The van der Waals surface area contributed by atoms with E-state index in [1.54, 1.807) is 0 Å². The van der Waals surface area contributed by atoms with Crippen LogP contribution in [0.15, 0.2) is 34.8 Å². The minimum absolute atomic E-state index is 0.784. The molecule has 1 aromatic carbocycles. The van der Waals surface area contributed by atoms with Gasteiger partial charge in [0.2, 0.25) is 0 Å². The van der Waals surface area contributed by atoms with Crippen molar-refractivity contribution in [2.75, 3.05) is 18.8 Å². The molecule has 0 aliphatic rings. The third-order valence-electron chi connectivity index (χ3n) is 2.41. The number of rotatable bonds is 5. The van der Waals surface area contributed by atoms with E-state index < -0.39 is 0 Å². The van der Waals surface area contributed by atoms with Crippen LogP contribution in [0.5, 0.6) is 0 Å². The zero-order valence-electron chi connectivity index (χ0n) is 9.96. The minimum atomic E-state index is 0.784. The van der Waals surface area contributed by atoms with Crippen LogP contribution in [-0.4, -0.2) is 18.0 Å². The molecule has 2 nitrogen and oxygen atoms in total. The van der Waals surface area contributed by atoms with Crippen LogP contribution in [0.4, 0.5) is 5.69 Å². The number of nitrogens with two attached hydrogens (primary N) is 1. The van der Waals surface area contributed by atoms with Gasteiger partial charge in [-0.1, -0.05) is 25.1 Å². The summed E-state index contributed by atoms with van der Waals surface area (Å²) in [5, 5.41) is 0. The number of halogens is 1. The highest BCUT2D eigenvalue weighted by Gasteiger charge is 2.05. The zero-order chi connectivity index (χ0) is 12.1. The molecule has 0 aliphatic carbocycles. The lowest BCUT2D eigenvalue weighted by Crippen LogP contribution is -2.24. The number of nitrogen functional groups attached to an aromatic ring is 1. The Labute approximate surface area is 106 Å². The summed E-state index contributed by atoms with van der Waals surface area (Å²) in [7, 11) is 0. The summed E-state index contributed by atoms with van der Waals surface area (Å²) in [5.41, 5.74) is 9.00. The van der Waals surface area contributed by atoms with Crippen molar-refractivity contribution >= 4 is 21.6 Å². The first-order chi connectivity index (χ1) is 7.52. The van der Waals surface area contributed by atoms with E-state index in [0.29, 0.717) is 0 Å². The zero-order valence-corrected chi connectivity index (χ0v) is 11.5. The molecule has 0 radical (unpaired) electrons. The van der Waals surface area contributed by atoms with Crippen molar-refractivity contribution in [1.29, 1.82) is 0 Å². The molecule has 0 heterocycles. The maximum absolute atomic E-state index is 5.76. The average molecular weight is 283 g/mol. The molecule has 0 bridgehead atoms. The lowest BCUT2D eigenvalue weighted by molar-refractivity contribution is 0.304. The molecule has 0 atom stereocenters. The van der Waals surface area contributed by atoms with Crippen molar-refractivity contribution in [2.45, 2.75) is 20.4 Å². The van der Waals surface area contributed by atoms with E-state index in [4.69, 9.17) is 5.73 Å². The molecule has 0 aromatic heterocycles. The van der Waals surface area contributed by atoms with Crippen LogP contribution >= 0.6 is 15.9 Å². The third-order valence-corrected chi connectivity index (χ3v) is 3.10. The normalized spacial score (nSPS) is 10.8. The standard InChI is InChI=1S/C13H19BrN2/c1-4-16(8-10(2)3)9-11-5-6-13(15)12(14)7-11/h5-7H,2,4,8-9,15H2,1,3H3. The highest BCUT2D eigenvalue weighted by molar-refractivity contribution is 9.10. The Kier molecular flexibility index (Phi) is 5.03. The molecule has 0 saturated carbocycles. The fraction of sp³-hybridized carbons (Fsp3) is 0.385. The molecule has 0 aliphatic heterocycles. The van der Waals surface area contributed by atoms with E-state index in [-0.39, 0.29) is 0 Å². The number of hydrogen-bond acceptors (Lipinski definition) is 2. The molecular weight excluding hydrogens is 264 g/mol. The molecule has 1 rings (SSSR count). The second kappa shape index (κ2) is 6.06. The molecule has 0 unspecified atom stereocenters. The lowest BCUT2D eigenvalue weighted by atomic mass is 10.2. The van der Waals surface area contributed by atoms with Crippen molar-refractivity contribution in [2.24, 2.45) is 0 Å². The fourth-order valence-corrected chi connectivity index (χ4v) is 2.01. The Bertz CT molecular complexity index is 374. The van der Waals surface area contributed by atoms with Gasteiger partial charge in [-0.05, 0) is 47.1 Å². The SMILES string of the molecule is C=C(C)CN(CC)Cc1ccc(N)c(Br)c1. The Balaban J connectivity index is 2.70. The van der Waals surface area contributed by atoms with Crippen molar-refractivity contribution in [1.82, 2.24) is 4.90 Å². The average Bonchev–Trinajstić information content (AvgIpc) is 2.22. The van der Waals surface area contributed by atoms with Crippen LogP contribution in [0, 0.1) is 0 Å². The maximum Gasteiger partial charge on any atom is 0.0458 e. The third kappa shape index (κ3) is 3.99. The van der Waals surface area contributed by atoms with Crippen LogP contribution in [0.1, 0.15) is 19.4 Å². The molecular formula is C13H19BrN2. The molecule has 0 amide bonds. The Morgan fingerprint density at radius 3 is 2.69 bits per heavy atom. The highest BCUT2D eigenvalue weighted by Crippen LogP contribution is 2.21. The summed E-state index contributed by atoms with van der Waals surface area (Å²) in [6.07, 6.45) is 0. The second-order valence-electron chi connectivity index (χ2n) is 4.12. The summed E-state index contributed by atoms with van der Waals surface area (Å²) < 4.78 is 0.969. The monoisotopic (exact) mass is 282 g/mol. The van der Waals surface area contributed by atoms with Crippen LogP contribution in [-0.2, 0) is 6.54 Å². The van der Waals surface area contributed by atoms with Crippen LogP contribution < -0.4 is 5.73 Å². The molecule has 16 heavy (non-hydrogen) atoms. The molecule has 0 fully saturated rings. The van der Waals surface area contributed by atoms with Gasteiger partial charge < -0.3 is 5.73 Å². The van der Waals surface area contributed by atoms with Gasteiger partial charge in [0.05, 0.1) is 0 Å². The molecule has 3 heteroatoms. The van der Waals surface area contributed by atoms with E-state index in [2.05, 4.69) is 53.4 Å². The van der Waals surface area contributed by atoms with E-state index in [9.17, 15) is 0 Å². The minimum Gasteiger partial charge on any atom is -0.398 e. The largest absolute Gasteiger partial charge is 0.398 e. The summed E-state index contributed by atoms with van der Waals surface area (Å²) >= 11 is 3.45. The highest BCUT2D eigenvalue weighted by atomic mass is 79.9. The fourth-order valence-electron chi connectivity index (χ4n) is 1.59. The van der Waals surface area contributed by atoms with Gasteiger partial charge in [-0.2, -0.15) is 0 Å². The van der Waals surface area contributed by atoms with Crippen molar-refractivity contribution in [3.05, 3.63) is 40.4 Å². The smallest absolute Gasteiger partial charge is 0.0458 e. The summed E-state index contributed by atoms with van der Waals surface area (Å²) in [5.74, 6) is 0. The topological polar surface area (TPSA) is 29.3 Å². The van der Waals surface area contributed by atoms with Gasteiger partial charge in [-0.3, -0.25) is 4.90 Å². The Morgan fingerprint density at radius 1 is 1.50 bits per heavy atom. The summed E-state index contributed by atoms with van der Waals surface area (Å²) in [6.45, 7) is 11.1. The van der Waals surface area contributed by atoms with E-state index in [1.807, 2.05) is 6.07 Å². The van der Waals surface area contributed by atoms with Gasteiger partial charge in [0.15, 0.2) is 0 Å². The van der Waals surface area contributed by atoms with Crippen LogP contribution in [0.2, 0.25) is 0 Å². The molecule has 0 saturated heterocycles. The van der Waals surface area contributed by atoms with Gasteiger partial charge in [-0.25, -0.2) is 0 Å². The number of nitrogens with zero attached hydrogens (tertiary/aromatic N) is 1. The van der Waals surface area contributed by atoms with E-state index in [0.717, 1.165) is 29.8 Å². The summed E-state index contributed by atoms with van der Waals surface area (Å²) in [4.78, 5) is 2.35. The molecule has 1 aromatic rings. The predicted molar refractivity (Wildman–Crippen MR) is 74.3 cm³/mol. The van der Waals surface area contributed by atoms with Crippen molar-refractivity contribution in [3.63, 3.8) is 0 Å². The summed E-state index contributed by atoms with van der Waals surface area (Å²) in [6, 6.07) is 6.09. The van der Waals surface area contributed by atoms with Crippen LogP contribution in [0.25, 0.3) is 0 Å². The van der Waals surface area contributed by atoms with Gasteiger partial charge in [0.1, 0.15) is 0 Å². The molecule has 2 N–H and O–H groups in total. The van der Waals surface area contributed by atoms with Crippen molar-refractivity contribution < 1.29 is 0 Å². The Hall–Kier alpha value is -0.800. The Morgan fingerprint density at radius 2 is 2.19 bits per heavy atom. The van der Waals surface area contributed by atoms with Gasteiger partial charge in [0.25, 0.3) is 0 Å². The van der Waals surface area contributed by atoms with Crippen molar-refractivity contribution in [3.8, 4) is 0 Å². The predicted octanol–water partition coefficient (Wildman–Crippen LogP) is 3.43. The van der Waals surface area contributed by atoms with E-state index in [1.165, 1.54) is 11.1 Å². The first-order valence-corrected chi connectivity index (χ1v) is 6.23. The van der Waals surface area contributed by atoms with Gasteiger partial charge in [0, 0.05) is 23.2 Å². The maximum atomic E-state index is 5.76. The number of hydrogen-bond donors (Lipinski definition) is 1. The second-order valence-corrected chi connectivity index (χ2v) is 4.97. The van der Waals surface area contributed by atoms with Crippen LogP contribution in [0.3, 0.4) is 0 Å². The number of anilines is 1. The van der Waals surface area contributed by atoms with Gasteiger partial charge >= 0.3 is 0 Å². The van der Waals surface area contributed by atoms with Gasteiger partial charge in [-0.15, -0.1) is 0 Å². The lowest BCUT2D eigenvalue weighted by Gasteiger charge is -2.20. The first kappa shape index (κ1) is 13.3. The number of benzene rings is 1. The molecule has 88 valence electrons. The van der Waals surface area contributed by atoms with E-state index >= 15 is 0 Å².